The highest BCUT2D eigenvalue weighted by atomic mass is 16.4. The van der Waals surface area contributed by atoms with Gasteiger partial charge in [-0.25, -0.2) is 9.59 Å². The Kier molecular flexibility index (Phi) is 3.24. The molecule has 0 saturated heterocycles. The molecular formula is C10H6O9. The smallest absolute Gasteiger partial charge is 0.336 e. The monoisotopic (exact) mass is 270 g/mol. The zero-order valence-corrected chi connectivity index (χ0v) is 8.98. The van der Waals surface area contributed by atoms with E-state index < -0.39 is 46.2 Å². The average Bonchev–Trinajstić information content (AvgIpc) is 2.26. The van der Waals surface area contributed by atoms with Gasteiger partial charge in [0.1, 0.15) is 0 Å². The topological polar surface area (TPSA) is 166 Å². The van der Waals surface area contributed by atoms with Crippen molar-refractivity contribution >= 4 is 29.7 Å². The van der Waals surface area contributed by atoms with Crippen molar-refractivity contribution < 1.29 is 44.4 Å². The second-order valence-corrected chi connectivity index (χ2v) is 3.46. The van der Waals surface area contributed by atoms with E-state index >= 15 is 0 Å². The molecule has 0 aromatic carbocycles. The molecule has 0 amide bonds. The van der Waals surface area contributed by atoms with Gasteiger partial charge in [-0.15, -0.1) is 0 Å². The highest BCUT2D eigenvalue weighted by Crippen LogP contribution is 2.36. The first kappa shape index (κ1) is 14.1. The van der Waals surface area contributed by atoms with Gasteiger partial charge in [0.25, 0.3) is 5.41 Å². The Bertz CT molecular complexity index is 564. The predicted octanol–water partition coefficient (Wildman–Crippen LogP) is -1.25. The normalized spacial score (nSPS) is 17.2. The third-order valence-electron chi connectivity index (χ3n) is 2.50. The number of carboxylic acids is 4. The lowest BCUT2D eigenvalue weighted by Crippen LogP contribution is -2.51. The van der Waals surface area contributed by atoms with Gasteiger partial charge in [-0.2, -0.15) is 0 Å². The van der Waals surface area contributed by atoms with E-state index in [4.69, 9.17) is 20.4 Å². The number of allylic oxidation sites excluding steroid dienone is 1. The number of carboxylic acid groups (broad SMARTS) is 4. The molecule has 9 heteroatoms. The van der Waals surface area contributed by atoms with Crippen LogP contribution >= 0.6 is 0 Å². The van der Waals surface area contributed by atoms with Gasteiger partial charge in [0, 0.05) is 0 Å². The Hall–Kier alpha value is -2.97. The molecule has 0 heterocycles. The largest absolute Gasteiger partial charge is 0.480 e. The van der Waals surface area contributed by atoms with Crippen LogP contribution in [0.1, 0.15) is 0 Å². The van der Waals surface area contributed by atoms with E-state index in [0.29, 0.717) is 12.2 Å². The number of rotatable bonds is 4. The summed E-state index contributed by atoms with van der Waals surface area (Å²) >= 11 is 0. The Labute approximate surface area is 104 Å². The van der Waals surface area contributed by atoms with E-state index in [9.17, 15) is 24.0 Å². The van der Waals surface area contributed by atoms with E-state index in [2.05, 4.69) is 0 Å². The van der Waals surface area contributed by atoms with E-state index in [0.717, 1.165) is 0 Å². The third-order valence-corrected chi connectivity index (χ3v) is 2.50. The van der Waals surface area contributed by atoms with Crippen LogP contribution in [0, 0.1) is 5.41 Å². The van der Waals surface area contributed by atoms with Gasteiger partial charge < -0.3 is 20.4 Å². The van der Waals surface area contributed by atoms with Gasteiger partial charge in [0.2, 0.25) is 0 Å². The van der Waals surface area contributed by atoms with Gasteiger partial charge in [-0.1, -0.05) is 0 Å². The number of carbonyl (C=O) groups excluding carboxylic acids is 1. The number of hydrogen-bond acceptors (Lipinski definition) is 5. The number of hydrogen-bond donors (Lipinski definition) is 4. The van der Waals surface area contributed by atoms with Crippen LogP contribution in [0.5, 0.6) is 0 Å². The molecule has 9 nitrogen and oxygen atoms in total. The lowest BCUT2D eigenvalue weighted by Gasteiger charge is -2.26. The summed E-state index contributed by atoms with van der Waals surface area (Å²) in [4.78, 5) is 55.6. The molecule has 0 bridgehead atoms. The minimum absolute atomic E-state index is 0.415. The standard InChI is InChI=1S/C10H6O9/c11-4-2-1-3(6(12)13)5(7(14)15)10(4,8(16)17)9(18)19/h1-2H,(H,12,13)(H,14,15)(H,16,17)(H,18,19). The first-order chi connectivity index (χ1) is 8.67. The quantitative estimate of drug-likeness (QED) is 0.456. The van der Waals surface area contributed by atoms with Gasteiger partial charge in [-0.3, -0.25) is 14.4 Å². The lowest BCUT2D eigenvalue weighted by atomic mass is 9.71. The van der Waals surface area contributed by atoms with Crippen molar-refractivity contribution in [1.29, 1.82) is 0 Å². The Balaban J connectivity index is 3.86. The zero-order chi connectivity index (χ0) is 15.0. The van der Waals surface area contributed by atoms with Crippen molar-refractivity contribution in [2.24, 2.45) is 5.41 Å². The molecule has 1 aliphatic rings. The van der Waals surface area contributed by atoms with Crippen molar-refractivity contribution in [2.75, 3.05) is 0 Å². The van der Waals surface area contributed by atoms with Gasteiger partial charge >= 0.3 is 23.9 Å². The molecule has 0 unspecified atom stereocenters. The van der Waals surface area contributed by atoms with E-state index in [1.807, 2.05) is 0 Å². The molecule has 1 aliphatic carbocycles. The second-order valence-electron chi connectivity index (χ2n) is 3.46. The van der Waals surface area contributed by atoms with Crippen molar-refractivity contribution in [3.63, 3.8) is 0 Å². The summed E-state index contributed by atoms with van der Waals surface area (Å²) in [6.07, 6.45) is 0.969. The molecule has 0 atom stereocenters. The molecule has 0 aliphatic heterocycles. The molecule has 100 valence electrons. The molecule has 0 radical (unpaired) electrons. The number of carbonyl (C=O) groups is 5. The molecule has 0 spiro atoms. The van der Waals surface area contributed by atoms with Crippen molar-refractivity contribution in [3.8, 4) is 0 Å². The predicted molar refractivity (Wildman–Crippen MR) is 54.1 cm³/mol. The lowest BCUT2D eigenvalue weighted by molar-refractivity contribution is -0.166. The van der Waals surface area contributed by atoms with Gasteiger partial charge in [-0.05, 0) is 12.2 Å². The van der Waals surface area contributed by atoms with E-state index in [1.54, 1.807) is 0 Å². The summed E-state index contributed by atoms with van der Waals surface area (Å²) in [6, 6.07) is 0. The van der Waals surface area contributed by atoms with Crippen LogP contribution in [-0.4, -0.2) is 50.1 Å². The first-order valence-corrected chi connectivity index (χ1v) is 4.58. The molecule has 4 N–H and O–H groups in total. The fraction of sp³-hybridized carbons (Fsp3) is 0.100. The van der Waals surface area contributed by atoms with Crippen LogP contribution in [0.15, 0.2) is 23.3 Å². The molecule has 0 aromatic heterocycles. The molecular weight excluding hydrogens is 264 g/mol. The fourth-order valence-corrected chi connectivity index (χ4v) is 1.66. The average molecular weight is 270 g/mol. The third kappa shape index (κ3) is 1.76. The Morgan fingerprint density at radius 3 is 1.63 bits per heavy atom. The van der Waals surface area contributed by atoms with E-state index in [1.165, 1.54) is 0 Å². The molecule has 0 aromatic rings. The van der Waals surface area contributed by atoms with Crippen LogP contribution in [0.4, 0.5) is 0 Å². The van der Waals surface area contributed by atoms with Crippen LogP contribution in [-0.2, 0) is 24.0 Å². The number of ketones is 1. The summed E-state index contributed by atoms with van der Waals surface area (Å²) in [7, 11) is 0. The summed E-state index contributed by atoms with van der Waals surface area (Å²) < 4.78 is 0. The molecule has 0 saturated carbocycles. The van der Waals surface area contributed by atoms with Crippen LogP contribution in [0.3, 0.4) is 0 Å². The maximum absolute atomic E-state index is 11.5. The fourth-order valence-electron chi connectivity index (χ4n) is 1.66. The van der Waals surface area contributed by atoms with E-state index in [-0.39, 0.29) is 0 Å². The summed E-state index contributed by atoms with van der Waals surface area (Å²) in [5, 5.41) is 35.5. The maximum atomic E-state index is 11.5. The number of aliphatic carboxylic acids is 4. The highest BCUT2D eigenvalue weighted by Gasteiger charge is 2.61. The summed E-state index contributed by atoms with van der Waals surface area (Å²) in [5.41, 5.74) is -6.04. The molecule has 19 heavy (non-hydrogen) atoms. The summed E-state index contributed by atoms with van der Waals surface area (Å²) in [5.74, 6) is -10.1. The minimum Gasteiger partial charge on any atom is -0.480 e. The van der Waals surface area contributed by atoms with Gasteiger partial charge in [0.05, 0.1) is 11.1 Å². The molecule has 1 rings (SSSR count). The zero-order valence-electron chi connectivity index (χ0n) is 8.98. The van der Waals surface area contributed by atoms with Crippen LogP contribution < -0.4 is 0 Å². The second kappa shape index (κ2) is 4.37. The van der Waals surface area contributed by atoms with Crippen molar-refractivity contribution in [2.45, 2.75) is 0 Å². The van der Waals surface area contributed by atoms with Crippen LogP contribution in [0.25, 0.3) is 0 Å². The van der Waals surface area contributed by atoms with Crippen LogP contribution in [0.2, 0.25) is 0 Å². The first-order valence-electron chi connectivity index (χ1n) is 4.58. The Morgan fingerprint density at radius 1 is 0.842 bits per heavy atom. The Morgan fingerprint density at radius 2 is 1.32 bits per heavy atom. The SMILES string of the molecule is O=C(O)C1=C(C(=O)O)C(C(=O)O)(C(=O)O)C(=O)C=C1. The van der Waals surface area contributed by atoms with Crippen molar-refractivity contribution in [3.05, 3.63) is 23.3 Å². The minimum atomic E-state index is -3.46. The van der Waals surface area contributed by atoms with Gasteiger partial charge in [0.15, 0.2) is 5.78 Å². The molecule has 0 fully saturated rings. The summed E-state index contributed by atoms with van der Waals surface area (Å²) in [6.45, 7) is 0. The van der Waals surface area contributed by atoms with Crippen molar-refractivity contribution in [1.82, 2.24) is 0 Å². The maximum Gasteiger partial charge on any atom is 0.336 e. The highest BCUT2D eigenvalue weighted by molar-refractivity contribution is 6.32.